The van der Waals surface area contributed by atoms with E-state index in [1.54, 1.807) is 18.3 Å². The lowest BCUT2D eigenvalue weighted by atomic mass is 10.2. The SMILES string of the molecule is Cc1nc(C)c(-c2nnc(SCc3ncc(-c4ccc(F)cc4)o3)o2)s1. The van der Waals surface area contributed by atoms with Crippen molar-refractivity contribution in [3.63, 3.8) is 0 Å². The molecule has 3 aromatic heterocycles. The Morgan fingerprint density at radius 2 is 1.92 bits per heavy atom. The molecule has 0 saturated carbocycles. The predicted octanol–water partition coefficient (Wildman–Crippen LogP) is 4.90. The fourth-order valence-electron chi connectivity index (χ4n) is 2.34. The number of halogens is 1. The molecule has 0 aliphatic heterocycles. The maximum absolute atomic E-state index is 13.0. The van der Waals surface area contributed by atoms with Gasteiger partial charge in [-0.2, -0.15) is 0 Å². The summed E-state index contributed by atoms with van der Waals surface area (Å²) in [6.45, 7) is 3.86. The minimum absolute atomic E-state index is 0.289. The molecule has 9 heteroatoms. The van der Waals surface area contributed by atoms with Crippen LogP contribution in [0.1, 0.15) is 16.6 Å². The third-order valence-electron chi connectivity index (χ3n) is 3.51. The first kappa shape index (κ1) is 16.9. The molecule has 0 aliphatic rings. The smallest absolute Gasteiger partial charge is 0.277 e. The zero-order valence-electron chi connectivity index (χ0n) is 13.9. The number of thioether (sulfide) groups is 1. The van der Waals surface area contributed by atoms with E-state index in [4.69, 9.17) is 8.83 Å². The lowest BCUT2D eigenvalue weighted by Gasteiger charge is -1.95. The summed E-state index contributed by atoms with van der Waals surface area (Å²) in [5.41, 5.74) is 1.65. The fourth-order valence-corrected chi connectivity index (χ4v) is 3.80. The molecule has 26 heavy (non-hydrogen) atoms. The number of oxazole rings is 1. The number of benzene rings is 1. The van der Waals surface area contributed by atoms with Crippen LogP contribution in [-0.4, -0.2) is 20.2 Å². The highest BCUT2D eigenvalue weighted by molar-refractivity contribution is 7.98. The van der Waals surface area contributed by atoms with E-state index in [0.29, 0.717) is 28.5 Å². The molecule has 3 heterocycles. The zero-order chi connectivity index (χ0) is 18.1. The van der Waals surface area contributed by atoms with Crippen molar-refractivity contribution in [2.75, 3.05) is 0 Å². The van der Waals surface area contributed by atoms with Gasteiger partial charge in [0.25, 0.3) is 11.1 Å². The van der Waals surface area contributed by atoms with Gasteiger partial charge >= 0.3 is 0 Å². The number of aryl methyl sites for hydroxylation is 2. The van der Waals surface area contributed by atoms with Crippen LogP contribution in [0.3, 0.4) is 0 Å². The first-order valence-electron chi connectivity index (χ1n) is 7.70. The van der Waals surface area contributed by atoms with Crippen molar-refractivity contribution in [1.29, 1.82) is 0 Å². The van der Waals surface area contributed by atoms with Crippen molar-refractivity contribution in [1.82, 2.24) is 20.2 Å². The van der Waals surface area contributed by atoms with Crippen LogP contribution in [0, 0.1) is 19.7 Å². The van der Waals surface area contributed by atoms with E-state index in [-0.39, 0.29) is 5.82 Å². The molecule has 0 unspecified atom stereocenters. The number of thiazole rings is 1. The molecule has 0 bridgehead atoms. The topological polar surface area (TPSA) is 77.8 Å². The van der Waals surface area contributed by atoms with Crippen LogP contribution in [0.2, 0.25) is 0 Å². The van der Waals surface area contributed by atoms with Gasteiger partial charge in [-0.05, 0) is 38.1 Å². The van der Waals surface area contributed by atoms with Crippen molar-refractivity contribution in [3.8, 4) is 22.1 Å². The normalized spacial score (nSPS) is 11.2. The molecule has 0 aliphatic carbocycles. The molecule has 132 valence electrons. The van der Waals surface area contributed by atoms with Crippen molar-refractivity contribution < 1.29 is 13.2 Å². The maximum Gasteiger partial charge on any atom is 0.277 e. The third-order valence-corrected chi connectivity index (χ3v) is 5.37. The van der Waals surface area contributed by atoms with E-state index in [2.05, 4.69) is 20.2 Å². The molecular weight excluding hydrogens is 375 g/mol. The quantitative estimate of drug-likeness (QED) is 0.450. The fraction of sp³-hybridized carbons (Fsp3) is 0.176. The Balaban J connectivity index is 1.43. The van der Waals surface area contributed by atoms with Crippen LogP contribution >= 0.6 is 23.1 Å². The Morgan fingerprint density at radius 3 is 2.65 bits per heavy atom. The molecule has 0 radical (unpaired) electrons. The average molecular weight is 388 g/mol. The predicted molar refractivity (Wildman–Crippen MR) is 96.3 cm³/mol. The van der Waals surface area contributed by atoms with E-state index in [1.165, 1.54) is 35.2 Å². The minimum Gasteiger partial charge on any atom is -0.440 e. The van der Waals surface area contributed by atoms with Crippen LogP contribution in [0.5, 0.6) is 0 Å². The number of nitrogens with zero attached hydrogens (tertiary/aromatic N) is 4. The second-order valence-corrected chi connectivity index (χ2v) is 7.56. The van der Waals surface area contributed by atoms with Crippen LogP contribution in [0.25, 0.3) is 22.1 Å². The van der Waals surface area contributed by atoms with E-state index >= 15 is 0 Å². The van der Waals surface area contributed by atoms with Gasteiger partial charge in [-0.15, -0.1) is 21.5 Å². The van der Waals surface area contributed by atoms with Gasteiger partial charge in [-0.3, -0.25) is 0 Å². The summed E-state index contributed by atoms with van der Waals surface area (Å²) in [7, 11) is 0. The molecule has 0 saturated heterocycles. The van der Waals surface area contributed by atoms with Crippen LogP contribution < -0.4 is 0 Å². The molecule has 6 nitrogen and oxygen atoms in total. The Hall–Kier alpha value is -2.52. The van der Waals surface area contributed by atoms with Crippen molar-refractivity contribution in [2.24, 2.45) is 0 Å². The molecule has 4 aromatic rings. The monoisotopic (exact) mass is 388 g/mol. The Labute approximate surface area is 156 Å². The van der Waals surface area contributed by atoms with E-state index in [9.17, 15) is 4.39 Å². The van der Waals surface area contributed by atoms with Gasteiger partial charge in [0, 0.05) is 5.56 Å². The number of rotatable bonds is 5. The second kappa shape index (κ2) is 7.00. The average Bonchev–Trinajstić information content (AvgIpc) is 3.33. The zero-order valence-corrected chi connectivity index (χ0v) is 15.5. The highest BCUT2D eigenvalue weighted by atomic mass is 32.2. The summed E-state index contributed by atoms with van der Waals surface area (Å²) in [5, 5.41) is 9.52. The van der Waals surface area contributed by atoms with Gasteiger partial charge in [0.2, 0.25) is 5.89 Å². The first-order valence-corrected chi connectivity index (χ1v) is 9.50. The van der Waals surface area contributed by atoms with Crippen LogP contribution in [-0.2, 0) is 5.75 Å². The van der Waals surface area contributed by atoms with Gasteiger partial charge in [-0.25, -0.2) is 14.4 Å². The summed E-state index contributed by atoms with van der Waals surface area (Å²) in [6, 6.07) is 6.07. The highest BCUT2D eigenvalue weighted by Crippen LogP contribution is 2.31. The first-order chi connectivity index (χ1) is 12.6. The van der Waals surface area contributed by atoms with Gasteiger partial charge < -0.3 is 8.83 Å². The second-order valence-electron chi connectivity index (χ2n) is 5.43. The summed E-state index contributed by atoms with van der Waals surface area (Å²) < 4.78 is 24.4. The Kier molecular flexibility index (Phi) is 4.56. The molecule has 0 atom stereocenters. The highest BCUT2D eigenvalue weighted by Gasteiger charge is 2.16. The van der Waals surface area contributed by atoms with Gasteiger partial charge in [-0.1, -0.05) is 11.8 Å². The lowest BCUT2D eigenvalue weighted by Crippen LogP contribution is -1.79. The molecule has 0 spiro atoms. The Bertz CT molecular complexity index is 1040. The maximum atomic E-state index is 13.0. The molecule has 1 aromatic carbocycles. The van der Waals surface area contributed by atoms with Gasteiger partial charge in [0.15, 0.2) is 5.76 Å². The van der Waals surface area contributed by atoms with E-state index in [1.807, 2.05) is 13.8 Å². The van der Waals surface area contributed by atoms with E-state index < -0.39 is 0 Å². The summed E-state index contributed by atoms with van der Waals surface area (Å²) in [6.07, 6.45) is 1.62. The van der Waals surface area contributed by atoms with Gasteiger partial charge in [0.05, 0.1) is 22.7 Å². The Morgan fingerprint density at radius 1 is 1.12 bits per heavy atom. The molecule has 4 rings (SSSR count). The van der Waals surface area contributed by atoms with Crippen LogP contribution in [0.4, 0.5) is 4.39 Å². The van der Waals surface area contributed by atoms with Crippen LogP contribution in [0.15, 0.2) is 44.5 Å². The third kappa shape index (κ3) is 3.54. The van der Waals surface area contributed by atoms with Gasteiger partial charge in [0.1, 0.15) is 10.7 Å². The summed E-state index contributed by atoms with van der Waals surface area (Å²) in [4.78, 5) is 9.48. The standard InChI is InChI=1S/C17H13FN4O2S2/c1-9-15(26-10(2)20-9)16-21-22-17(24-16)25-8-14-19-7-13(23-14)11-3-5-12(18)6-4-11/h3-7H,8H2,1-2H3. The molecule has 0 N–H and O–H groups in total. The summed E-state index contributed by atoms with van der Waals surface area (Å²) >= 11 is 2.86. The minimum atomic E-state index is -0.289. The largest absolute Gasteiger partial charge is 0.440 e. The molecule has 0 fully saturated rings. The number of aromatic nitrogens is 4. The number of hydrogen-bond acceptors (Lipinski definition) is 8. The van der Waals surface area contributed by atoms with Crippen molar-refractivity contribution in [3.05, 3.63) is 52.9 Å². The van der Waals surface area contributed by atoms with Crippen molar-refractivity contribution in [2.45, 2.75) is 24.8 Å². The lowest BCUT2D eigenvalue weighted by molar-refractivity contribution is 0.465. The molecule has 0 amide bonds. The molecular formula is C17H13FN4O2S2. The number of hydrogen-bond donors (Lipinski definition) is 0. The van der Waals surface area contributed by atoms with E-state index in [0.717, 1.165) is 21.1 Å². The summed E-state index contributed by atoms with van der Waals surface area (Å²) in [5.74, 6) is 1.74. The van der Waals surface area contributed by atoms with Crippen molar-refractivity contribution >= 4 is 23.1 Å².